The monoisotopic (exact) mass is 678 g/mol. The Labute approximate surface area is 309 Å². The van der Waals surface area contributed by atoms with Crippen molar-refractivity contribution in [2.24, 2.45) is 5.92 Å². The van der Waals surface area contributed by atoms with Gasteiger partial charge in [-0.1, -0.05) is 141 Å². The van der Waals surface area contributed by atoms with E-state index in [-0.39, 0.29) is 17.4 Å². The molecule has 8 aromatic carbocycles. The Balaban J connectivity index is 1.13. The molecular formula is C51H38N2. The van der Waals surface area contributed by atoms with Gasteiger partial charge in [-0.25, -0.2) is 0 Å². The number of hydrogen-bond donors (Lipinski definition) is 0. The third kappa shape index (κ3) is 4.39. The zero-order valence-electron chi connectivity index (χ0n) is 29.9. The number of benzene rings is 8. The van der Waals surface area contributed by atoms with Gasteiger partial charge in [0.2, 0.25) is 0 Å². The van der Waals surface area contributed by atoms with Gasteiger partial charge in [-0.2, -0.15) is 0 Å². The first-order valence-electron chi connectivity index (χ1n) is 18.8. The Hall–Kier alpha value is -6.38. The van der Waals surface area contributed by atoms with E-state index in [9.17, 15) is 0 Å². The average Bonchev–Trinajstić information content (AvgIpc) is 3.55. The average molecular weight is 679 g/mol. The second-order valence-corrected chi connectivity index (χ2v) is 15.4. The van der Waals surface area contributed by atoms with Gasteiger partial charge >= 0.3 is 0 Å². The summed E-state index contributed by atoms with van der Waals surface area (Å²) < 4.78 is 2.39. The zero-order chi connectivity index (χ0) is 35.3. The first-order valence-corrected chi connectivity index (χ1v) is 18.8. The van der Waals surface area contributed by atoms with Crippen LogP contribution in [0.2, 0.25) is 0 Å². The number of anilines is 2. The molecule has 0 amide bonds. The van der Waals surface area contributed by atoms with E-state index in [2.05, 4.69) is 205 Å². The van der Waals surface area contributed by atoms with Crippen molar-refractivity contribution < 1.29 is 0 Å². The number of para-hydroxylation sites is 3. The second-order valence-electron chi connectivity index (χ2n) is 15.4. The molecule has 53 heavy (non-hydrogen) atoms. The van der Waals surface area contributed by atoms with E-state index in [0.29, 0.717) is 0 Å². The van der Waals surface area contributed by atoms with Crippen LogP contribution < -0.4 is 4.90 Å². The smallest absolute Gasteiger partial charge is 0.0602 e. The quantitative estimate of drug-likeness (QED) is 0.169. The van der Waals surface area contributed by atoms with Crippen LogP contribution in [0.25, 0.3) is 65.4 Å². The van der Waals surface area contributed by atoms with Gasteiger partial charge in [-0.15, -0.1) is 0 Å². The molecule has 0 bridgehead atoms. The molecule has 1 aromatic heterocycles. The minimum Gasteiger partial charge on any atom is -0.334 e. The summed E-state index contributed by atoms with van der Waals surface area (Å²) in [5, 5.41) is 10.4. The van der Waals surface area contributed by atoms with E-state index >= 15 is 0 Å². The molecule has 11 rings (SSSR count). The van der Waals surface area contributed by atoms with Crippen molar-refractivity contribution >= 4 is 71.1 Å². The Morgan fingerprint density at radius 1 is 0.472 bits per heavy atom. The lowest BCUT2D eigenvalue weighted by Gasteiger charge is -2.51. The van der Waals surface area contributed by atoms with Crippen molar-refractivity contribution in [3.8, 4) is 5.69 Å². The molecule has 2 heteroatoms. The fraction of sp³-hybridized carbons (Fsp3) is 0.0980. The lowest BCUT2D eigenvalue weighted by molar-refractivity contribution is 0.333. The summed E-state index contributed by atoms with van der Waals surface area (Å²) in [7, 11) is 0. The largest absolute Gasteiger partial charge is 0.334 e. The van der Waals surface area contributed by atoms with Gasteiger partial charge < -0.3 is 9.47 Å². The van der Waals surface area contributed by atoms with Crippen molar-refractivity contribution in [1.82, 2.24) is 4.57 Å². The molecule has 2 heterocycles. The summed E-state index contributed by atoms with van der Waals surface area (Å²) in [4.78, 5) is 2.62. The molecular weight excluding hydrogens is 641 g/mol. The van der Waals surface area contributed by atoms with E-state index in [4.69, 9.17) is 0 Å². The van der Waals surface area contributed by atoms with Gasteiger partial charge in [-0.05, 0) is 104 Å². The molecule has 0 radical (unpaired) electrons. The lowest BCUT2D eigenvalue weighted by Crippen LogP contribution is -2.50. The van der Waals surface area contributed by atoms with E-state index in [1.54, 1.807) is 0 Å². The van der Waals surface area contributed by atoms with Gasteiger partial charge in [0, 0.05) is 39.2 Å². The number of hydrogen-bond acceptors (Lipinski definition) is 1. The molecule has 0 spiro atoms. The second kappa shape index (κ2) is 11.3. The Morgan fingerprint density at radius 2 is 1.02 bits per heavy atom. The predicted molar refractivity (Wildman–Crippen MR) is 226 cm³/mol. The predicted octanol–water partition coefficient (Wildman–Crippen LogP) is 13.3. The van der Waals surface area contributed by atoms with Gasteiger partial charge in [-0.3, -0.25) is 0 Å². The van der Waals surface area contributed by atoms with Crippen LogP contribution in [-0.4, -0.2) is 10.6 Å². The Kier molecular flexibility index (Phi) is 6.46. The molecule has 2 atom stereocenters. The van der Waals surface area contributed by atoms with E-state index in [1.165, 1.54) is 87.9 Å². The van der Waals surface area contributed by atoms with Crippen LogP contribution in [0, 0.1) is 5.92 Å². The number of allylic oxidation sites excluding steroid dienone is 2. The number of rotatable bonds is 3. The highest BCUT2D eigenvalue weighted by atomic mass is 15.2. The van der Waals surface area contributed by atoms with Crippen LogP contribution >= 0.6 is 0 Å². The van der Waals surface area contributed by atoms with Crippen molar-refractivity contribution in [1.29, 1.82) is 0 Å². The molecule has 9 aromatic rings. The van der Waals surface area contributed by atoms with Crippen molar-refractivity contribution in [2.45, 2.75) is 25.3 Å². The molecule has 1 aliphatic carbocycles. The first-order chi connectivity index (χ1) is 26.1. The maximum Gasteiger partial charge on any atom is 0.0602 e. The summed E-state index contributed by atoms with van der Waals surface area (Å²) in [6.45, 7) is 4.91. The highest BCUT2D eigenvalue weighted by Gasteiger charge is 2.46. The molecule has 252 valence electrons. The van der Waals surface area contributed by atoms with Crippen LogP contribution in [0.15, 0.2) is 182 Å². The molecule has 2 aliphatic rings. The molecule has 0 fully saturated rings. The molecule has 2 nitrogen and oxygen atoms in total. The van der Waals surface area contributed by atoms with Crippen molar-refractivity contribution in [3.05, 3.63) is 193 Å². The first kappa shape index (κ1) is 30.3. The van der Waals surface area contributed by atoms with Crippen LogP contribution in [0.5, 0.6) is 0 Å². The third-order valence-electron chi connectivity index (χ3n) is 12.2. The van der Waals surface area contributed by atoms with Gasteiger partial charge in [0.1, 0.15) is 0 Å². The minimum absolute atomic E-state index is 0.113. The Morgan fingerprint density at radius 3 is 1.70 bits per heavy atom. The third-order valence-corrected chi connectivity index (χ3v) is 12.2. The summed E-state index contributed by atoms with van der Waals surface area (Å²) >= 11 is 0. The fourth-order valence-corrected chi connectivity index (χ4v) is 9.66. The molecule has 1 aliphatic heterocycles. The van der Waals surface area contributed by atoms with Gasteiger partial charge in [0.15, 0.2) is 0 Å². The molecule has 0 saturated heterocycles. The topological polar surface area (TPSA) is 8.17 Å². The number of nitrogens with zero attached hydrogens (tertiary/aromatic N) is 2. The minimum atomic E-state index is -0.113. The fourth-order valence-electron chi connectivity index (χ4n) is 9.66. The normalized spacial score (nSPS) is 17.8. The number of aromatic nitrogens is 1. The van der Waals surface area contributed by atoms with Crippen molar-refractivity contribution in [3.63, 3.8) is 0 Å². The molecule has 0 saturated carbocycles. The molecule has 0 N–H and O–H groups in total. The lowest BCUT2D eigenvalue weighted by atomic mass is 9.64. The zero-order valence-corrected chi connectivity index (χ0v) is 29.9. The summed E-state index contributed by atoms with van der Waals surface area (Å²) in [5.41, 5.74) is 9.94. The van der Waals surface area contributed by atoms with Crippen LogP contribution in [-0.2, 0) is 5.41 Å². The number of fused-ring (bicyclic) bond motifs is 11. The van der Waals surface area contributed by atoms with Crippen LogP contribution in [0.1, 0.15) is 25.0 Å². The van der Waals surface area contributed by atoms with Gasteiger partial charge in [0.05, 0.1) is 17.1 Å². The Bertz CT molecular complexity index is 2980. The van der Waals surface area contributed by atoms with E-state index < -0.39 is 0 Å². The highest BCUT2D eigenvalue weighted by Crippen LogP contribution is 2.54. The van der Waals surface area contributed by atoms with Gasteiger partial charge in [0.25, 0.3) is 0 Å². The van der Waals surface area contributed by atoms with Crippen LogP contribution in [0.4, 0.5) is 11.4 Å². The maximum absolute atomic E-state index is 2.62. The molecule has 2 unspecified atom stereocenters. The summed E-state index contributed by atoms with van der Waals surface area (Å²) in [5.74, 6) is 0.270. The van der Waals surface area contributed by atoms with Crippen molar-refractivity contribution in [2.75, 3.05) is 4.90 Å². The maximum atomic E-state index is 2.62. The summed E-state index contributed by atoms with van der Waals surface area (Å²) in [6, 6.07) is 60.6. The van der Waals surface area contributed by atoms with E-state index in [1.807, 2.05) is 0 Å². The van der Waals surface area contributed by atoms with E-state index in [0.717, 1.165) is 0 Å². The standard InChI is InChI=1S/C51H38N2/c1-51(2)45-27-25-34(33-26-28-48-44(29-33)41-23-13-14-24-47(41)52(48)35-15-5-3-6-16-35)30-49(45)53(36-17-7-4-8-18-36)50-32-43-40-22-12-10-20-38(40)37-19-9-11-21-39(37)42(43)31-46(50)51/h3-32,45,49H,1-2H3. The highest BCUT2D eigenvalue weighted by molar-refractivity contribution is 6.26. The summed E-state index contributed by atoms with van der Waals surface area (Å²) in [6.07, 6.45) is 7.43. The van der Waals surface area contributed by atoms with Crippen LogP contribution in [0.3, 0.4) is 0 Å². The SMILES string of the molecule is CC1(C)c2cc3c4ccccc4c4ccccc4c3cc2N(c2ccccc2)C2C=C(c3ccc4c(c3)c3ccccc3n4-c3ccccc3)C=CC21.